The highest BCUT2D eigenvalue weighted by Gasteiger charge is 2.15. The predicted molar refractivity (Wildman–Crippen MR) is 61.4 cm³/mol. The lowest BCUT2D eigenvalue weighted by Gasteiger charge is -2.23. The molecule has 0 aromatic heterocycles. The molecular weight excluding hydrogens is 178 g/mol. The molecule has 0 aliphatic carbocycles. The first kappa shape index (κ1) is 16.3. The molecule has 1 rings (SSSR count). The molecule has 0 saturated carbocycles. The number of hydrogen-bond acceptors (Lipinski definition) is 3. The molecular formula is C11H27NO2. The third-order valence-corrected chi connectivity index (χ3v) is 1.45. The van der Waals surface area contributed by atoms with Gasteiger partial charge in [0.25, 0.3) is 0 Å². The maximum absolute atomic E-state index is 8.86. The minimum Gasteiger partial charge on any atom is -0.368 e. The van der Waals surface area contributed by atoms with Crippen LogP contribution in [-0.4, -0.2) is 43.5 Å². The number of hydrogen-bond donors (Lipinski definition) is 1. The van der Waals surface area contributed by atoms with Gasteiger partial charge in [-0.05, 0) is 47.3 Å². The molecule has 88 valence electrons. The fraction of sp³-hybridized carbons (Fsp3) is 1.00. The van der Waals surface area contributed by atoms with Crippen molar-refractivity contribution in [3.63, 3.8) is 0 Å². The van der Waals surface area contributed by atoms with Crippen molar-refractivity contribution in [2.45, 2.75) is 52.4 Å². The van der Waals surface area contributed by atoms with E-state index in [9.17, 15) is 0 Å². The summed E-state index contributed by atoms with van der Waals surface area (Å²) in [7, 11) is 6.00. The molecule has 1 aliphatic rings. The van der Waals surface area contributed by atoms with Gasteiger partial charge in [0, 0.05) is 0 Å². The molecule has 0 bridgehead atoms. The third-order valence-electron chi connectivity index (χ3n) is 1.45. The van der Waals surface area contributed by atoms with Crippen molar-refractivity contribution in [2.75, 3.05) is 21.1 Å². The number of aliphatic hydroxyl groups is 1. The van der Waals surface area contributed by atoms with Gasteiger partial charge in [-0.15, -0.1) is 0 Å². The van der Waals surface area contributed by atoms with E-state index in [1.54, 1.807) is 0 Å². The molecule has 2 unspecified atom stereocenters. The van der Waals surface area contributed by atoms with Crippen LogP contribution in [0, 0.1) is 0 Å². The van der Waals surface area contributed by atoms with Crippen LogP contribution >= 0.6 is 0 Å². The van der Waals surface area contributed by atoms with Gasteiger partial charge in [-0.2, -0.15) is 0 Å². The van der Waals surface area contributed by atoms with Crippen LogP contribution in [0.4, 0.5) is 0 Å². The quantitative estimate of drug-likeness (QED) is 0.657. The van der Waals surface area contributed by atoms with Crippen LogP contribution in [0.25, 0.3) is 0 Å². The Morgan fingerprint density at radius 3 is 1.79 bits per heavy atom. The van der Waals surface area contributed by atoms with Crippen molar-refractivity contribution >= 4 is 0 Å². The van der Waals surface area contributed by atoms with Crippen molar-refractivity contribution < 1.29 is 9.84 Å². The molecule has 3 nitrogen and oxygen atoms in total. The summed E-state index contributed by atoms with van der Waals surface area (Å²) in [6.07, 6.45) is 2.78. The summed E-state index contributed by atoms with van der Waals surface area (Å²) in [5, 5.41) is 8.86. The van der Waals surface area contributed by atoms with Gasteiger partial charge in [-0.3, -0.25) is 0 Å². The average Bonchev–Trinajstić information content (AvgIpc) is 2.06. The SMILES string of the molecule is CC.CC1CCCC(O)O1.CN(C)C. The molecule has 1 heterocycles. The zero-order valence-corrected chi connectivity index (χ0v) is 10.6. The lowest BCUT2D eigenvalue weighted by atomic mass is 10.1. The van der Waals surface area contributed by atoms with Crippen LogP contribution in [0.15, 0.2) is 0 Å². The fourth-order valence-corrected chi connectivity index (χ4v) is 0.984. The Kier molecular flexibility index (Phi) is 12.8. The maximum atomic E-state index is 8.86. The molecule has 1 saturated heterocycles. The fourth-order valence-electron chi connectivity index (χ4n) is 0.984. The van der Waals surface area contributed by atoms with Gasteiger partial charge in [0.15, 0.2) is 6.29 Å². The van der Waals surface area contributed by atoms with E-state index >= 15 is 0 Å². The van der Waals surface area contributed by atoms with Crippen LogP contribution in [0.3, 0.4) is 0 Å². The first-order valence-electron chi connectivity index (χ1n) is 5.47. The van der Waals surface area contributed by atoms with E-state index in [4.69, 9.17) is 9.84 Å². The smallest absolute Gasteiger partial charge is 0.154 e. The number of nitrogens with zero attached hydrogens (tertiary/aromatic N) is 1. The molecule has 1 fully saturated rings. The molecule has 0 aromatic rings. The van der Waals surface area contributed by atoms with Crippen LogP contribution in [0.5, 0.6) is 0 Å². The normalized spacial score (nSPS) is 25.7. The Hall–Kier alpha value is -0.120. The second-order valence-corrected chi connectivity index (χ2v) is 3.67. The minimum absolute atomic E-state index is 0.263. The highest BCUT2D eigenvalue weighted by molar-refractivity contribution is 4.59. The molecule has 0 radical (unpaired) electrons. The first-order valence-corrected chi connectivity index (χ1v) is 5.47. The zero-order chi connectivity index (χ0) is 11.6. The van der Waals surface area contributed by atoms with Gasteiger partial charge in [0.1, 0.15) is 0 Å². The summed E-state index contributed by atoms with van der Waals surface area (Å²) < 4.78 is 5.04. The summed E-state index contributed by atoms with van der Waals surface area (Å²) in [6.45, 7) is 5.99. The molecule has 0 spiro atoms. The molecule has 1 N–H and O–H groups in total. The molecule has 0 amide bonds. The summed E-state index contributed by atoms with van der Waals surface area (Å²) in [5.41, 5.74) is 0. The van der Waals surface area contributed by atoms with Crippen LogP contribution in [0.2, 0.25) is 0 Å². The van der Waals surface area contributed by atoms with Gasteiger partial charge in [-0.25, -0.2) is 0 Å². The lowest BCUT2D eigenvalue weighted by Crippen LogP contribution is -2.24. The van der Waals surface area contributed by atoms with E-state index in [1.165, 1.54) is 0 Å². The second-order valence-electron chi connectivity index (χ2n) is 3.67. The lowest BCUT2D eigenvalue weighted by molar-refractivity contribution is -0.156. The van der Waals surface area contributed by atoms with Crippen molar-refractivity contribution in [1.82, 2.24) is 4.90 Å². The average molecular weight is 205 g/mol. The monoisotopic (exact) mass is 205 g/mol. The van der Waals surface area contributed by atoms with E-state index in [-0.39, 0.29) is 6.10 Å². The standard InChI is InChI=1S/C6H12O2.C3H9N.C2H6/c1-5-3-2-4-6(7)8-5;1-4(2)3;1-2/h5-7H,2-4H2,1H3;1-3H3;1-2H3. The largest absolute Gasteiger partial charge is 0.368 e. The Labute approximate surface area is 89.1 Å². The molecule has 0 aromatic carbocycles. The summed E-state index contributed by atoms with van der Waals surface area (Å²) >= 11 is 0. The summed E-state index contributed by atoms with van der Waals surface area (Å²) in [4.78, 5) is 2.00. The summed E-state index contributed by atoms with van der Waals surface area (Å²) in [6, 6.07) is 0. The molecule has 2 atom stereocenters. The Morgan fingerprint density at radius 2 is 1.57 bits per heavy atom. The molecule has 1 aliphatic heterocycles. The van der Waals surface area contributed by atoms with Crippen LogP contribution in [0.1, 0.15) is 40.0 Å². The second kappa shape index (κ2) is 11.0. The Bertz CT molecular complexity index is 96.7. The highest BCUT2D eigenvalue weighted by atomic mass is 16.6. The predicted octanol–water partition coefficient (Wildman–Crippen LogP) is 2.10. The van der Waals surface area contributed by atoms with E-state index in [0.717, 1.165) is 19.3 Å². The molecule has 14 heavy (non-hydrogen) atoms. The van der Waals surface area contributed by atoms with E-state index in [0.29, 0.717) is 0 Å². The topological polar surface area (TPSA) is 32.7 Å². The number of ether oxygens (including phenoxy) is 1. The third kappa shape index (κ3) is 14.4. The van der Waals surface area contributed by atoms with Crippen LogP contribution < -0.4 is 0 Å². The number of aliphatic hydroxyl groups excluding tert-OH is 1. The van der Waals surface area contributed by atoms with E-state index in [1.807, 2.05) is 46.8 Å². The van der Waals surface area contributed by atoms with Crippen molar-refractivity contribution in [1.29, 1.82) is 0 Å². The zero-order valence-electron chi connectivity index (χ0n) is 10.6. The number of rotatable bonds is 0. The summed E-state index contributed by atoms with van der Waals surface area (Å²) in [5.74, 6) is 0. The van der Waals surface area contributed by atoms with E-state index in [2.05, 4.69) is 0 Å². The van der Waals surface area contributed by atoms with Gasteiger partial charge in [0.05, 0.1) is 6.10 Å². The van der Waals surface area contributed by atoms with Gasteiger partial charge in [-0.1, -0.05) is 13.8 Å². The van der Waals surface area contributed by atoms with Crippen molar-refractivity contribution in [3.8, 4) is 0 Å². The van der Waals surface area contributed by atoms with Crippen molar-refractivity contribution in [3.05, 3.63) is 0 Å². The van der Waals surface area contributed by atoms with Crippen molar-refractivity contribution in [2.24, 2.45) is 0 Å². The Balaban J connectivity index is 0. The molecule has 3 heteroatoms. The Morgan fingerprint density at radius 1 is 1.14 bits per heavy atom. The van der Waals surface area contributed by atoms with Gasteiger partial charge < -0.3 is 14.7 Å². The van der Waals surface area contributed by atoms with Gasteiger partial charge >= 0.3 is 0 Å². The first-order chi connectivity index (χ1) is 6.52. The highest BCUT2D eigenvalue weighted by Crippen LogP contribution is 2.15. The van der Waals surface area contributed by atoms with E-state index < -0.39 is 6.29 Å². The van der Waals surface area contributed by atoms with Crippen LogP contribution in [-0.2, 0) is 4.74 Å². The minimum atomic E-state index is -0.487. The maximum Gasteiger partial charge on any atom is 0.154 e. The van der Waals surface area contributed by atoms with Gasteiger partial charge in [0.2, 0.25) is 0 Å².